The zero-order valence-corrected chi connectivity index (χ0v) is 16.6. The summed E-state index contributed by atoms with van der Waals surface area (Å²) in [6.45, 7) is 2.26. The van der Waals surface area contributed by atoms with Gasteiger partial charge in [0, 0.05) is 11.4 Å². The Morgan fingerprint density at radius 2 is 1.24 bits per heavy atom. The molecule has 1 N–H and O–H groups in total. The van der Waals surface area contributed by atoms with Crippen LogP contribution < -0.4 is 5.32 Å². The Labute approximate surface area is 171 Å². The molecule has 29 heavy (non-hydrogen) atoms. The van der Waals surface area contributed by atoms with Crippen LogP contribution in [-0.4, -0.2) is 0 Å². The van der Waals surface area contributed by atoms with Gasteiger partial charge in [-0.15, -0.1) is 0 Å². The van der Waals surface area contributed by atoms with E-state index >= 15 is 0 Å². The second-order valence-corrected chi connectivity index (χ2v) is 8.21. The standard InChI is InChI=1S/C28H23N/c1-18-21-12-6-7-19(21)13-16-28(18)29-20-14-15-26-24-10-3-2-8-22(24)23-9-4-5-11-25(23)27(26)17-20/h2-5,8-11,13-17,29H,6-7,12H2,1H3. The van der Waals surface area contributed by atoms with Gasteiger partial charge in [-0.05, 0) is 93.4 Å². The van der Waals surface area contributed by atoms with Crippen molar-refractivity contribution in [3.05, 3.63) is 95.6 Å². The highest BCUT2D eigenvalue weighted by Gasteiger charge is 2.15. The Balaban J connectivity index is 1.55. The minimum Gasteiger partial charge on any atom is -0.355 e. The van der Waals surface area contributed by atoms with Gasteiger partial charge in [0.2, 0.25) is 0 Å². The average molecular weight is 373 g/mol. The van der Waals surface area contributed by atoms with Crippen molar-refractivity contribution in [1.29, 1.82) is 0 Å². The van der Waals surface area contributed by atoms with Gasteiger partial charge in [-0.1, -0.05) is 60.7 Å². The number of rotatable bonds is 2. The molecule has 1 aliphatic carbocycles. The van der Waals surface area contributed by atoms with Crippen molar-refractivity contribution in [3.63, 3.8) is 0 Å². The third-order valence-corrected chi connectivity index (χ3v) is 6.59. The van der Waals surface area contributed by atoms with E-state index in [1.165, 1.54) is 68.4 Å². The molecule has 1 aliphatic rings. The van der Waals surface area contributed by atoms with Gasteiger partial charge in [-0.3, -0.25) is 0 Å². The Morgan fingerprint density at radius 3 is 1.93 bits per heavy atom. The lowest BCUT2D eigenvalue weighted by Gasteiger charge is -2.15. The molecule has 5 aromatic carbocycles. The summed E-state index contributed by atoms with van der Waals surface area (Å²) in [5, 5.41) is 11.6. The van der Waals surface area contributed by atoms with Crippen molar-refractivity contribution in [2.45, 2.75) is 26.2 Å². The van der Waals surface area contributed by atoms with Gasteiger partial charge in [0.1, 0.15) is 0 Å². The van der Waals surface area contributed by atoms with Crippen LogP contribution in [0.4, 0.5) is 11.4 Å². The molecule has 140 valence electrons. The molecule has 0 saturated heterocycles. The topological polar surface area (TPSA) is 12.0 Å². The summed E-state index contributed by atoms with van der Waals surface area (Å²) in [4.78, 5) is 0. The van der Waals surface area contributed by atoms with Gasteiger partial charge in [-0.25, -0.2) is 0 Å². The lowest BCUT2D eigenvalue weighted by atomic mass is 9.94. The van der Waals surface area contributed by atoms with Crippen LogP contribution in [0.25, 0.3) is 32.3 Å². The number of aryl methyl sites for hydroxylation is 1. The van der Waals surface area contributed by atoms with E-state index in [0.29, 0.717) is 0 Å². The van der Waals surface area contributed by atoms with Crippen molar-refractivity contribution in [3.8, 4) is 0 Å². The van der Waals surface area contributed by atoms with Gasteiger partial charge in [0.25, 0.3) is 0 Å². The molecule has 1 heteroatoms. The molecule has 0 heterocycles. The molecule has 1 nitrogen and oxygen atoms in total. The maximum Gasteiger partial charge on any atom is 0.0416 e. The molecule has 6 rings (SSSR count). The van der Waals surface area contributed by atoms with Crippen LogP contribution in [0.3, 0.4) is 0 Å². The molecule has 0 amide bonds. The van der Waals surface area contributed by atoms with Crippen molar-refractivity contribution >= 4 is 43.7 Å². The minimum absolute atomic E-state index is 1.15. The largest absolute Gasteiger partial charge is 0.355 e. The molecular formula is C28H23N. The smallest absolute Gasteiger partial charge is 0.0416 e. The summed E-state index contributed by atoms with van der Waals surface area (Å²) in [7, 11) is 0. The van der Waals surface area contributed by atoms with Crippen LogP contribution in [0.1, 0.15) is 23.1 Å². The Morgan fingerprint density at radius 1 is 0.621 bits per heavy atom. The molecule has 0 spiro atoms. The van der Waals surface area contributed by atoms with Gasteiger partial charge in [0.15, 0.2) is 0 Å². The van der Waals surface area contributed by atoms with E-state index in [-0.39, 0.29) is 0 Å². The first-order valence-corrected chi connectivity index (χ1v) is 10.5. The molecule has 0 bridgehead atoms. The zero-order valence-electron chi connectivity index (χ0n) is 16.6. The summed E-state index contributed by atoms with van der Waals surface area (Å²) in [5.74, 6) is 0. The number of hydrogen-bond acceptors (Lipinski definition) is 1. The first kappa shape index (κ1) is 16.6. The van der Waals surface area contributed by atoms with Crippen LogP contribution >= 0.6 is 0 Å². The van der Waals surface area contributed by atoms with E-state index in [1.54, 1.807) is 5.56 Å². The summed E-state index contributed by atoms with van der Waals surface area (Å²) in [5.41, 5.74) is 6.87. The van der Waals surface area contributed by atoms with E-state index in [0.717, 1.165) is 5.69 Å². The van der Waals surface area contributed by atoms with E-state index in [4.69, 9.17) is 0 Å². The van der Waals surface area contributed by atoms with Crippen LogP contribution in [-0.2, 0) is 12.8 Å². The highest BCUT2D eigenvalue weighted by molar-refractivity contribution is 6.25. The summed E-state index contributed by atoms with van der Waals surface area (Å²) < 4.78 is 0. The third-order valence-electron chi connectivity index (χ3n) is 6.59. The lowest BCUT2D eigenvalue weighted by Crippen LogP contribution is -1.97. The average Bonchev–Trinajstić information content (AvgIpc) is 3.26. The summed E-state index contributed by atoms with van der Waals surface area (Å²) in [6.07, 6.45) is 3.73. The van der Waals surface area contributed by atoms with Crippen LogP contribution in [0.5, 0.6) is 0 Å². The van der Waals surface area contributed by atoms with E-state index in [1.807, 2.05) is 0 Å². The SMILES string of the molecule is Cc1c(Nc2ccc3c4ccccc4c4ccccc4c3c2)ccc2c1CCC2. The third kappa shape index (κ3) is 2.54. The summed E-state index contributed by atoms with van der Waals surface area (Å²) >= 11 is 0. The highest BCUT2D eigenvalue weighted by atomic mass is 14.9. The Kier molecular flexibility index (Phi) is 3.64. The lowest BCUT2D eigenvalue weighted by molar-refractivity contribution is 0.909. The van der Waals surface area contributed by atoms with Gasteiger partial charge < -0.3 is 5.32 Å². The summed E-state index contributed by atoms with van der Waals surface area (Å²) in [6, 6.07) is 28.9. The van der Waals surface area contributed by atoms with Crippen molar-refractivity contribution < 1.29 is 0 Å². The Bertz CT molecular complexity index is 1380. The van der Waals surface area contributed by atoms with E-state index in [9.17, 15) is 0 Å². The van der Waals surface area contributed by atoms with Crippen molar-refractivity contribution in [2.24, 2.45) is 0 Å². The number of anilines is 2. The predicted molar refractivity (Wildman–Crippen MR) is 125 cm³/mol. The number of nitrogens with one attached hydrogen (secondary N) is 1. The molecule has 0 atom stereocenters. The maximum atomic E-state index is 3.71. The predicted octanol–water partition coefficient (Wildman–Crippen LogP) is 7.69. The van der Waals surface area contributed by atoms with Crippen molar-refractivity contribution in [1.82, 2.24) is 0 Å². The fourth-order valence-electron chi connectivity index (χ4n) is 5.13. The second kappa shape index (κ2) is 6.35. The molecular weight excluding hydrogens is 350 g/mol. The fourth-order valence-corrected chi connectivity index (χ4v) is 5.13. The molecule has 0 unspecified atom stereocenters. The normalized spacial score (nSPS) is 13.3. The number of fused-ring (bicyclic) bond motifs is 7. The zero-order chi connectivity index (χ0) is 19.4. The van der Waals surface area contributed by atoms with Gasteiger partial charge >= 0.3 is 0 Å². The molecule has 0 radical (unpaired) electrons. The molecule has 0 aliphatic heterocycles. The van der Waals surface area contributed by atoms with E-state index in [2.05, 4.69) is 91.1 Å². The molecule has 0 saturated carbocycles. The molecule has 5 aromatic rings. The van der Waals surface area contributed by atoms with Gasteiger partial charge in [0.05, 0.1) is 0 Å². The highest BCUT2D eigenvalue weighted by Crippen LogP contribution is 2.37. The number of hydrogen-bond donors (Lipinski definition) is 1. The maximum absolute atomic E-state index is 3.71. The minimum atomic E-state index is 1.15. The Hall–Kier alpha value is -3.32. The monoisotopic (exact) mass is 373 g/mol. The quantitative estimate of drug-likeness (QED) is 0.313. The first-order chi connectivity index (χ1) is 14.3. The fraction of sp³-hybridized carbons (Fsp3) is 0.143. The van der Waals surface area contributed by atoms with Crippen LogP contribution in [0.2, 0.25) is 0 Å². The van der Waals surface area contributed by atoms with Gasteiger partial charge in [-0.2, -0.15) is 0 Å². The number of benzene rings is 5. The molecule has 0 aromatic heterocycles. The molecule has 0 fully saturated rings. The first-order valence-electron chi connectivity index (χ1n) is 10.5. The van der Waals surface area contributed by atoms with E-state index < -0.39 is 0 Å². The van der Waals surface area contributed by atoms with Crippen LogP contribution in [0, 0.1) is 6.92 Å². The van der Waals surface area contributed by atoms with Crippen LogP contribution in [0.15, 0.2) is 78.9 Å². The van der Waals surface area contributed by atoms with Crippen molar-refractivity contribution in [2.75, 3.05) is 5.32 Å². The second-order valence-electron chi connectivity index (χ2n) is 8.21.